The molecular formula is C20H23FN4O. The van der Waals surface area contributed by atoms with E-state index in [0.29, 0.717) is 17.2 Å². The summed E-state index contributed by atoms with van der Waals surface area (Å²) in [4.78, 5) is 21.5. The first-order valence-electron chi connectivity index (χ1n) is 8.67. The third kappa shape index (κ3) is 4.67. The zero-order valence-corrected chi connectivity index (χ0v) is 15.1. The van der Waals surface area contributed by atoms with E-state index in [-0.39, 0.29) is 11.7 Å². The van der Waals surface area contributed by atoms with Crippen molar-refractivity contribution in [3.05, 3.63) is 65.5 Å². The van der Waals surface area contributed by atoms with Gasteiger partial charge in [-0.15, -0.1) is 0 Å². The van der Waals surface area contributed by atoms with Crippen molar-refractivity contribution in [2.24, 2.45) is 4.99 Å². The molecular weight excluding hydrogens is 331 g/mol. The molecule has 0 radical (unpaired) electrons. The predicted molar refractivity (Wildman–Crippen MR) is 101 cm³/mol. The van der Waals surface area contributed by atoms with Crippen molar-refractivity contribution in [3.8, 4) is 0 Å². The number of nitrogens with one attached hydrogen (secondary N) is 1. The van der Waals surface area contributed by atoms with Gasteiger partial charge in [0.05, 0.1) is 5.69 Å². The summed E-state index contributed by atoms with van der Waals surface area (Å²) in [5.41, 5.74) is 2.28. The summed E-state index contributed by atoms with van der Waals surface area (Å²) in [6, 6.07) is 13.3. The number of aryl methyl sites for hydroxylation is 1. The molecule has 0 unspecified atom stereocenters. The first-order chi connectivity index (χ1) is 12.5. The topological polar surface area (TPSA) is 47.9 Å². The minimum absolute atomic E-state index is 0.204. The van der Waals surface area contributed by atoms with Crippen molar-refractivity contribution in [3.63, 3.8) is 0 Å². The zero-order valence-electron chi connectivity index (χ0n) is 15.1. The molecule has 0 atom stereocenters. The van der Waals surface area contributed by atoms with Gasteiger partial charge in [0.25, 0.3) is 5.91 Å². The lowest BCUT2D eigenvalue weighted by atomic mass is 10.1. The molecule has 6 heteroatoms. The predicted octanol–water partition coefficient (Wildman–Crippen LogP) is 2.80. The Morgan fingerprint density at radius 2 is 1.62 bits per heavy atom. The van der Waals surface area contributed by atoms with E-state index in [1.807, 2.05) is 19.1 Å². The molecule has 2 aromatic carbocycles. The Morgan fingerprint density at radius 3 is 2.23 bits per heavy atom. The molecule has 5 nitrogen and oxygen atoms in total. The van der Waals surface area contributed by atoms with Gasteiger partial charge in [-0.25, -0.2) is 9.38 Å². The summed E-state index contributed by atoms with van der Waals surface area (Å²) in [6.45, 7) is 5.30. The number of hydrogen-bond acceptors (Lipinski definition) is 3. The number of likely N-dealkylation sites (N-methyl/N-ethyl adjacent to an activating group) is 1. The van der Waals surface area contributed by atoms with Crippen molar-refractivity contribution in [1.29, 1.82) is 0 Å². The molecule has 0 aliphatic carbocycles. The maximum absolute atomic E-state index is 13.2. The van der Waals surface area contributed by atoms with Gasteiger partial charge in [0.1, 0.15) is 5.82 Å². The molecule has 1 saturated heterocycles. The largest absolute Gasteiger partial charge is 0.340 e. The van der Waals surface area contributed by atoms with E-state index < -0.39 is 0 Å². The van der Waals surface area contributed by atoms with Crippen molar-refractivity contribution >= 4 is 17.6 Å². The fraction of sp³-hybridized carbons (Fsp3) is 0.300. The number of carbonyl (C=O) groups excluding carboxylic acids is 1. The van der Waals surface area contributed by atoms with Crippen LogP contribution >= 0.6 is 0 Å². The average molecular weight is 354 g/mol. The molecule has 1 aliphatic rings. The van der Waals surface area contributed by atoms with Crippen LogP contribution in [0.3, 0.4) is 0 Å². The second-order valence-electron chi connectivity index (χ2n) is 6.52. The lowest BCUT2D eigenvalue weighted by Gasteiger charge is -2.34. The maximum atomic E-state index is 13.2. The average Bonchev–Trinajstić information content (AvgIpc) is 2.64. The Balaban J connectivity index is 1.83. The fourth-order valence-electron chi connectivity index (χ4n) is 2.71. The number of piperazine rings is 1. The highest BCUT2D eigenvalue weighted by Crippen LogP contribution is 2.14. The van der Waals surface area contributed by atoms with Crippen LogP contribution in [0.5, 0.6) is 0 Å². The Labute approximate surface area is 153 Å². The van der Waals surface area contributed by atoms with Gasteiger partial charge in [0.15, 0.2) is 0 Å². The van der Waals surface area contributed by atoms with Crippen LogP contribution in [0, 0.1) is 12.7 Å². The monoisotopic (exact) mass is 354 g/mol. The highest BCUT2D eigenvalue weighted by molar-refractivity contribution is 6.06. The second-order valence-corrected chi connectivity index (χ2v) is 6.52. The standard InChI is InChI=1S/C20H23FN4O/c1-15-3-5-16(6-4-15)19(26)23-20(25-13-11-24(2)12-14-25)22-18-9-7-17(21)8-10-18/h3-10H,11-14H2,1-2H3,(H,22,23,26). The Hall–Kier alpha value is -2.73. The van der Waals surface area contributed by atoms with E-state index in [9.17, 15) is 9.18 Å². The second kappa shape index (κ2) is 8.10. The number of guanidine groups is 1. The van der Waals surface area contributed by atoms with Gasteiger partial charge < -0.3 is 9.80 Å². The molecule has 3 rings (SSSR count). The van der Waals surface area contributed by atoms with Gasteiger partial charge in [-0.2, -0.15) is 0 Å². The van der Waals surface area contributed by atoms with E-state index in [2.05, 4.69) is 27.2 Å². The minimum atomic E-state index is -0.311. The summed E-state index contributed by atoms with van der Waals surface area (Å²) < 4.78 is 13.2. The summed E-state index contributed by atoms with van der Waals surface area (Å²) in [6.07, 6.45) is 0. The summed E-state index contributed by atoms with van der Waals surface area (Å²) >= 11 is 0. The summed E-state index contributed by atoms with van der Waals surface area (Å²) in [7, 11) is 2.07. The number of hydrogen-bond donors (Lipinski definition) is 1. The number of rotatable bonds is 2. The lowest BCUT2D eigenvalue weighted by molar-refractivity contribution is 0.0969. The van der Waals surface area contributed by atoms with Crippen LogP contribution in [-0.4, -0.2) is 54.9 Å². The number of aliphatic imine (C=N–C) groups is 1. The molecule has 26 heavy (non-hydrogen) atoms. The Kier molecular flexibility index (Phi) is 5.63. The van der Waals surface area contributed by atoms with Gasteiger partial charge in [-0.3, -0.25) is 10.1 Å². The molecule has 1 heterocycles. The molecule has 2 aromatic rings. The lowest BCUT2D eigenvalue weighted by Crippen LogP contribution is -2.52. The first-order valence-corrected chi connectivity index (χ1v) is 8.67. The maximum Gasteiger partial charge on any atom is 0.257 e. The number of amides is 1. The van der Waals surface area contributed by atoms with E-state index in [1.54, 1.807) is 24.3 Å². The number of nitrogens with zero attached hydrogens (tertiary/aromatic N) is 3. The van der Waals surface area contributed by atoms with Crippen LogP contribution in [-0.2, 0) is 0 Å². The number of halogens is 1. The molecule has 136 valence electrons. The number of benzene rings is 2. The van der Waals surface area contributed by atoms with Crippen LogP contribution in [0.15, 0.2) is 53.5 Å². The van der Waals surface area contributed by atoms with Crippen LogP contribution in [0.25, 0.3) is 0 Å². The fourth-order valence-corrected chi connectivity index (χ4v) is 2.71. The normalized spacial score (nSPS) is 15.8. The minimum Gasteiger partial charge on any atom is -0.340 e. The van der Waals surface area contributed by atoms with Crippen LogP contribution in [0.4, 0.5) is 10.1 Å². The van der Waals surface area contributed by atoms with Crippen molar-refractivity contribution in [2.75, 3.05) is 33.2 Å². The Bertz CT molecular complexity index is 778. The third-order valence-corrected chi connectivity index (χ3v) is 4.40. The molecule has 0 saturated carbocycles. The molecule has 1 aliphatic heterocycles. The van der Waals surface area contributed by atoms with E-state index in [4.69, 9.17) is 0 Å². The molecule has 0 bridgehead atoms. The van der Waals surface area contributed by atoms with E-state index in [1.165, 1.54) is 12.1 Å². The quantitative estimate of drug-likeness (QED) is 0.666. The molecule has 1 fully saturated rings. The van der Waals surface area contributed by atoms with Crippen LogP contribution in [0.1, 0.15) is 15.9 Å². The smallest absolute Gasteiger partial charge is 0.257 e. The van der Waals surface area contributed by atoms with Gasteiger partial charge in [-0.05, 0) is 50.4 Å². The molecule has 0 spiro atoms. The van der Waals surface area contributed by atoms with Gasteiger partial charge in [0, 0.05) is 31.7 Å². The van der Waals surface area contributed by atoms with Crippen molar-refractivity contribution in [2.45, 2.75) is 6.92 Å². The summed E-state index contributed by atoms with van der Waals surface area (Å²) in [5.74, 6) is -0.0196. The molecule has 0 aromatic heterocycles. The van der Waals surface area contributed by atoms with E-state index in [0.717, 1.165) is 31.7 Å². The van der Waals surface area contributed by atoms with Crippen LogP contribution < -0.4 is 5.32 Å². The third-order valence-electron chi connectivity index (χ3n) is 4.40. The first kappa shape index (κ1) is 18.1. The van der Waals surface area contributed by atoms with Crippen molar-refractivity contribution in [1.82, 2.24) is 15.1 Å². The highest BCUT2D eigenvalue weighted by Gasteiger charge is 2.20. The zero-order chi connectivity index (χ0) is 18.5. The van der Waals surface area contributed by atoms with E-state index >= 15 is 0 Å². The Morgan fingerprint density at radius 1 is 1.00 bits per heavy atom. The van der Waals surface area contributed by atoms with Gasteiger partial charge >= 0.3 is 0 Å². The SMILES string of the molecule is Cc1ccc(C(=O)NC(=Nc2ccc(F)cc2)N2CCN(C)CC2)cc1. The van der Waals surface area contributed by atoms with Gasteiger partial charge in [-0.1, -0.05) is 17.7 Å². The highest BCUT2D eigenvalue weighted by atomic mass is 19.1. The molecule has 1 amide bonds. The van der Waals surface area contributed by atoms with Gasteiger partial charge in [0.2, 0.25) is 5.96 Å². The van der Waals surface area contributed by atoms with Crippen molar-refractivity contribution < 1.29 is 9.18 Å². The van der Waals surface area contributed by atoms with Crippen LogP contribution in [0.2, 0.25) is 0 Å². The number of carbonyl (C=O) groups is 1. The summed E-state index contributed by atoms with van der Waals surface area (Å²) in [5, 5.41) is 2.93. The molecule has 1 N–H and O–H groups in total.